The van der Waals surface area contributed by atoms with Gasteiger partial charge < -0.3 is 20.7 Å². The lowest BCUT2D eigenvalue weighted by molar-refractivity contribution is 0.0473. The second-order valence-electron chi connectivity index (χ2n) is 9.79. The first kappa shape index (κ1) is 25.3. The summed E-state index contributed by atoms with van der Waals surface area (Å²) >= 11 is 6.15. The summed E-state index contributed by atoms with van der Waals surface area (Å²) in [5.41, 5.74) is 7.51. The molecular formula is C28H29ClN4O3. The Hall–Kier alpha value is -3.76. The summed E-state index contributed by atoms with van der Waals surface area (Å²) in [5, 5.41) is 5.25. The number of hydrogen-bond donors (Lipinski definition) is 2. The normalized spacial score (nSPS) is 14.2. The number of anilines is 1. The Morgan fingerprint density at radius 3 is 2.47 bits per heavy atom. The molecule has 0 bridgehead atoms. The molecule has 1 aliphatic rings. The highest BCUT2D eigenvalue weighted by Crippen LogP contribution is 2.25. The zero-order valence-corrected chi connectivity index (χ0v) is 21.4. The number of hydrogen-bond acceptors (Lipinski definition) is 5. The van der Waals surface area contributed by atoms with E-state index in [9.17, 15) is 9.59 Å². The summed E-state index contributed by atoms with van der Waals surface area (Å²) in [6.07, 6.45) is 2.63. The number of carbonyl (C=O) groups excluding carboxylic acids is 2. The molecule has 0 aliphatic carbocycles. The van der Waals surface area contributed by atoms with Gasteiger partial charge in [-0.1, -0.05) is 29.5 Å². The molecular weight excluding hydrogens is 476 g/mol. The van der Waals surface area contributed by atoms with Crippen molar-refractivity contribution >= 4 is 40.2 Å². The molecule has 0 saturated carbocycles. The number of nitrogens with one attached hydrogen (secondary N) is 1. The van der Waals surface area contributed by atoms with Crippen LogP contribution in [0.15, 0.2) is 48.7 Å². The maximum absolute atomic E-state index is 13.0. The lowest BCUT2D eigenvalue weighted by atomic mass is 10.0. The zero-order valence-electron chi connectivity index (χ0n) is 20.6. The highest BCUT2D eigenvalue weighted by atomic mass is 35.5. The predicted octanol–water partition coefficient (Wildman–Crippen LogP) is 5.00. The van der Waals surface area contributed by atoms with Gasteiger partial charge >= 0.3 is 6.09 Å². The first-order valence-corrected chi connectivity index (χ1v) is 12.2. The van der Waals surface area contributed by atoms with E-state index in [2.05, 4.69) is 22.1 Å². The summed E-state index contributed by atoms with van der Waals surface area (Å²) < 4.78 is 5.32. The molecule has 1 saturated heterocycles. The van der Waals surface area contributed by atoms with Gasteiger partial charge in [-0.2, -0.15) is 0 Å². The van der Waals surface area contributed by atoms with Crippen LogP contribution >= 0.6 is 11.6 Å². The molecule has 7 nitrogen and oxygen atoms in total. The fourth-order valence-electron chi connectivity index (χ4n) is 4.05. The number of alkyl carbamates (subject to hydrolysis) is 1. The van der Waals surface area contributed by atoms with E-state index < -0.39 is 11.7 Å². The van der Waals surface area contributed by atoms with Crippen LogP contribution < -0.4 is 11.1 Å². The standard InChI is InChI=1S/C28H29ClN4O3/c1-28(2,3)36-27(35)32-22-12-14-33(15-13-22)26(34)19-7-4-18(5-8-19)6-11-23-24-16-21(29)10-9-20(24)17-31-25(23)30/h4-5,7-10,16-17,22H,12-15H2,1-3H3,(H2,30,31)(H,32,35). The first-order valence-electron chi connectivity index (χ1n) is 11.8. The quantitative estimate of drug-likeness (QED) is 0.479. The fraction of sp³-hybridized carbons (Fsp3) is 0.321. The monoisotopic (exact) mass is 504 g/mol. The van der Waals surface area contributed by atoms with E-state index in [-0.39, 0.29) is 11.9 Å². The Labute approximate surface area is 216 Å². The van der Waals surface area contributed by atoms with Gasteiger partial charge in [-0.05, 0) is 70.0 Å². The average molecular weight is 505 g/mol. The minimum Gasteiger partial charge on any atom is -0.444 e. The average Bonchev–Trinajstić information content (AvgIpc) is 2.82. The lowest BCUT2D eigenvalue weighted by Crippen LogP contribution is -2.47. The van der Waals surface area contributed by atoms with E-state index in [1.807, 2.05) is 45.0 Å². The molecule has 3 N–H and O–H groups in total. The number of pyridine rings is 1. The van der Waals surface area contributed by atoms with Crippen molar-refractivity contribution < 1.29 is 14.3 Å². The number of rotatable bonds is 2. The molecule has 2 amide bonds. The van der Waals surface area contributed by atoms with Gasteiger partial charge in [0.1, 0.15) is 11.4 Å². The smallest absolute Gasteiger partial charge is 0.407 e. The predicted molar refractivity (Wildman–Crippen MR) is 142 cm³/mol. The summed E-state index contributed by atoms with van der Waals surface area (Å²) in [6.45, 7) is 6.62. The molecule has 0 radical (unpaired) electrons. The third-order valence-electron chi connectivity index (χ3n) is 5.85. The van der Waals surface area contributed by atoms with Gasteiger partial charge in [0.25, 0.3) is 5.91 Å². The van der Waals surface area contributed by atoms with Gasteiger partial charge in [0.2, 0.25) is 0 Å². The summed E-state index contributed by atoms with van der Waals surface area (Å²) in [5.74, 6) is 6.52. The third-order valence-corrected chi connectivity index (χ3v) is 6.09. The van der Waals surface area contributed by atoms with Gasteiger partial charge in [0.15, 0.2) is 0 Å². The van der Waals surface area contributed by atoms with Crippen LogP contribution in [-0.4, -0.2) is 46.6 Å². The molecule has 36 heavy (non-hydrogen) atoms. The van der Waals surface area contributed by atoms with Crippen molar-refractivity contribution in [2.24, 2.45) is 0 Å². The summed E-state index contributed by atoms with van der Waals surface area (Å²) in [7, 11) is 0. The topological polar surface area (TPSA) is 97.5 Å². The number of halogens is 1. The Bertz CT molecular complexity index is 1340. The molecule has 1 aromatic heterocycles. The van der Waals surface area contributed by atoms with Crippen molar-refractivity contribution in [2.75, 3.05) is 18.8 Å². The lowest BCUT2D eigenvalue weighted by Gasteiger charge is -2.33. The molecule has 0 unspecified atom stereocenters. The largest absolute Gasteiger partial charge is 0.444 e. The summed E-state index contributed by atoms with van der Waals surface area (Å²) in [6, 6.07) is 12.7. The number of fused-ring (bicyclic) bond motifs is 1. The number of nitrogen functional groups attached to an aromatic ring is 1. The van der Waals surface area contributed by atoms with Crippen LogP contribution in [0.1, 0.15) is 55.1 Å². The number of nitrogens with two attached hydrogens (primary N) is 1. The number of ether oxygens (including phenoxy) is 1. The minimum absolute atomic E-state index is 0.00701. The van der Waals surface area contributed by atoms with E-state index in [1.165, 1.54) is 0 Å². The molecule has 8 heteroatoms. The van der Waals surface area contributed by atoms with Crippen molar-refractivity contribution in [3.05, 3.63) is 70.4 Å². The van der Waals surface area contributed by atoms with Crippen molar-refractivity contribution in [1.82, 2.24) is 15.2 Å². The highest BCUT2D eigenvalue weighted by molar-refractivity contribution is 6.31. The summed E-state index contributed by atoms with van der Waals surface area (Å²) in [4.78, 5) is 31.0. The second kappa shape index (κ2) is 10.5. The number of benzene rings is 2. The molecule has 1 fully saturated rings. The van der Waals surface area contributed by atoms with Crippen LogP contribution in [0.5, 0.6) is 0 Å². The van der Waals surface area contributed by atoms with Crippen molar-refractivity contribution in [3.8, 4) is 11.8 Å². The first-order chi connectivity index (χ1) is 17.1. The maximum Gasteiger partial charge on any atom is 0.407 e. The van der Waals surface area contributed by atoms with Crippen LogP contribution in [0.2, 0.25) is 5.02 Å². The van der Waals surface area contributed by atoms with E-state index in [4.69, 9.17) is 22.1 Å². The van der Waals surface area contributed by atoms with Crippen molar-refractivity contribution in [3.63, 3.8) is 0 Å². The number of carbonyl (C=O) groups is 2. The van der Waals surface area contributed by atoms with Crippen LogP contribution in [-0.2, 0) is 4.74 Å². The Balaban J connectivity index is 1.39. The second-order valence-corrected chi connectivity index (χ2v) is 10.2. The Morgan fingerprint density at radius 1 is 1.11 bits per heavy atom. The van der Waals surface area contributed by atoms with Gasteiger partial charge in [-0.15, -0.1) is 0 Å². The minimum atomic E-state index is -0.538. The number of amides is 2. The highest BCUT2D eigenvalue weighted by Gasteiger charge is 2.26. The van der Waals surface area contributed by atoms with Crippen molar-refractivity contribution in [1.29, 1.82) is 0 Å². The molecule has 0 spiro atoms. The van der Waals surface area contributed by atoms with Crippen LogP contribution in [0.4, 0.5) is 10.6 Å². The van der Waals surface area contributed by atoms with Gasteiger partial charge in [0.05, 0.1) is 5.56 Å². The number of likely N-dealkylation sites (tertiary alicyclic amines) is 1. The third kappa shape index (κ3) is 6.27. The Kier molecular flexibility index (Phi) is 7.37. The zero-order chi connectivity index (χ0) is 25.9. The molecule has 2 aromatic carbocycles. The fourth-order valence-corrected chi connectivity index (χ4v) is 4.22. The molecule has 4 rings (SSSR count). The number of piperidine rings is 1. The van der Waals surface area contributed by atoms with Gasteiger partial charge in [-0.3, -0.25) is 4.79 Å². The van der Waals surface area contributed by atoms with E-state index in [0.717, 1.165) is 16.3 Å². The van der Waals surface area contributed by atoms with Crippen LogP contribution in [0.3, 0.4) is 0 Å². The van der Waals surface area contributed by atoms with Crippen LogP contribution in [0, 0.1) is 11.8 Å². The van der Waals surface area contributed by atoms with Gasteiger partial charge in [0, 0.05) is 52.3 Å². The van der Waals surface area contributed by atoms with Crippen LogP contribution in [0.25, 0.3) is 10.8 Å². The molecule has 186 valence electrons. The molecule has 2 heterocycles. The molecule has 3 aromatic rings. The van der Waals surface area contributed by atoms with E-state index >= 15 is 0 Å². The SMILES string of the molecule is CC(C)(C)OC(=O)NC1CCN(C(=O)c2ccc(C#Cc3c(N)ncc4ccc(Cl)cc34)cc2)CC1. The Morgan fingerprint density at radius 2 is 1.81 bits per heavy atom. The number of nitrogens with zero attached hydrogens (tertiary/aromatic N) is 2. The van der Waals surface area contributed by atoms with Gasteiger partial charge in [-0.25, -0.2) is 9.78 Å². The number of aromatic nitrogens is 1. The maximum atomic E-state index is 13.0. The van der Waals surface area contributed by atoms with E-state index in [1.54, 1.807) is 29.3 Å². The molecule has 0 atom stereocenters. The molecule has 1 aliphatic heterocycles. The van der Waals surface area contributed by atoms with E-state index in [0.29, 0.717) is 47.9 Å². The van der Waals surface area contributed by atoms with Crippen molar-refractivity contribution in [2.45, 2.75) is 45.3 Å².